The molecule has 1 atom stereocenters. The van der Waals surface area contributed by atoms with E-state index in [4.69, 9.17) is 4.74 Å². The number of benzene rings is 3. The van der Waals surface area contributed by atoms with Crippen molar-refractivity contribution in [1.82, 2.24) is 14.8 Å². The first kappa shape index (κ1) is 21.6. The summed E-state index contributed by atoms with van der Waals surface area (Å²) in [5, 5.41) is 8.30. The van der Waals surface area contributed by atoms with Gasteiger partial charge >= 0.3 is 6.03 Å². The van der Waals surface area contributed by atoms with Gasteiger partial charge in [-0.2, -0.15) is 5.10 Å². The number of likely N-dealkylation sites (N-methyl/N-ethyl adjacent to an activating group) is 1. The number of rotatable bonds is 5. The maximum atomic E-state index is 13.3. The Labute approximate surface area is 197 Å². The minimum atomic E-state index is -0.475. The Kier molecular flexibility index (Phi) is 5.49. The van der Waals surface area contributed by atoms with Gasteiger partial charge in [0, 0.05) is 13.5 Å². The van der Waals surface area contributed by atoms with Crippen LogP contribution in [0.25, 0.3) is 10.8 Å². The quantitative estimate of drug-likeness (QED) is 0.551. The van der Waals surface area contributed by atoms with Crippen LogP contribution in [-0.2, 0) is 9.59 Å². The molecule has 0 spiro atoms. The van der Waals surface area contributed by atoms with E-state index in [-0.39, 0.29) is 25.0 Å². The molecule has 4 amide bonds. The third-order valence-electron chi connectivity index (χ3n) is 6.27. The van der Waals surface area contributed by atoms with Crippen molar-refractivity contribution in [3.05, 3.63) is 77.9 Å². The number of ether oxygens (including phenoxy) is 1. The zero-order valence-electron chi connectivity index (χ0n) is 19.0. The molecule has 1 fully saturated rings. The summed E-state index contributed by atoms with van der Waals surface area (Å²) in [6.45, 7) is -0.372. The number of carbonyl (C=O) groups is 3. The Balaban J connectivity index is 1.48. The fourth-order valence-corrected chi connectivity index (χ4v) is 4.40. The molecule has 5 rings (SSSR count). The van der Waals surface area contributed by atoms with Crippen molar-refractivity contribution in [3.63, 3.8) is 0 Å². The molecule has 8 nitrogen and oxygen atoms in total. The lowest BCUT2D eigenvalue weighted by Gasteiger charge is -2.24. The van der Waals surface area contributed by atoms with Crippen molar-refractivity contribution >= 4 is 34.3 Å². The van der Waals surface area contributed by atoms with Crippen LogP contribution >= 0.6 is 0 Å². The number of amides is 4. The molecule has 0 radical (unpaired) electrons. The lowest BCUT2D eigenvalue weighted by Crippen LogP contribution is -2.41. The van der Waals surface area contributed by atoms with Crippen LogP contribution < -0.4 is 4.74 Å². The minimum absolute atomic E-state index is 0.0281. The van der Waals surface area contributed by atoms with Crippen LogP contribution in [-0.4, -0.2) is 65.6 Å². The van der Waals surface area contributed by atoms with Gasteiger partial charge in [0.25, 0.3) is 11.8 Å². The van der Waals surface area contributed by atoms with E-state index in [1.165, 1.54) is 17.0 Å². The first-order valence-electron chi connectivity index (χ1n) is 11.0. The van der Waals surface area contributed by atoms with Gasteiger partial charge in [0.2, 0.25) is 0 Å². The Morgan fingerprint density at radius 2 is 1.76 bits per heavy atom. The van der Waals surface area contributed by atoms with Crippen LogP contribution in [0, 0.1) is 0 Å². The molecule has 2 heterocycles. The van der Waals surface area contributed by atoms with E-state index in [0.717, 1.165) is 32.5 Å². The standard InChI is InChI=1S/C26H24N4O4/c1-28-15-24(31)29(26(28)33)16-25(32)30-23(18-9-11-21(34-2)12-10-18)14-22(27-30)20-8-7-17-5-3-4-6-19(17)13-20/h3-13,23H,14-16H2,1-2H3. The molecule has 0 aromatic heterocycles. The number of nitrogens with zero attached hydrogens (tertiary/aromatic N) is 4. The number of carbonyl (C=O) groups excluding carboxylic acids is 3. The number of imide groups is 1. The SMILES string of the molecule is COc1ccc(C2CC(c3ccc4ccccc4c3)=NN2C(=O)CN2C(=O)CN(C)C2=O)cc1. The third kappa shape index (κ3) is 3.87. The summed E-state index contributed by atoms with van der Waals surface area (Å²) in [7, 11) is 3.14. The highest BCUT2D eigenvalue weighted by atomic mass is 16.5. The summed E-state index contributed by atoms with van der Waals surface area (Å²) in [6, 6.07) is 20.8. The van der Waals surface area contributed by atoms with Crippen LogP contribution in [0.1, 0.15) is 23.6 Å². The smallest absolute Gasteiger partial charge is 0.327 e. The normalized spacial score (nSPS) is 18.1. The van der Waals surface area contributed by atoms with Crippen molar-refractivity contribution in [2.24, 2.45) is 5.10 Å². The van der Waals surface area contributed by atoms with E-state index in [2.05, 4.69) is 11.2 Å². The van der Waals surface area contributed by atoms with Crippen molar-refractivity contribution in [2.45, 2.75) is 12.5 Å². The van der Waals surface area contributed by atoms with E-state index >= 15 is 0 Å². The molecule has 0 saturated carbocycles. The fourth-order valence-electron chi connectivity index (χ4n) is 4.40. The van der Waals surface area contributed by atoms with E-state index in [9.17, 15) is 14.4 Å². The molecule has 3 aromatic carbocycles. The summed E-state index contributed by atoms with van der Waals surface area (Å²) in [5.41, 5.74) is 2.60. The molecule has 1 saturated heterocycles. The second-order valence-corrected chi connectivity index (χ2v) is 8.46. The molecule has 8 heteroatoms. The van der Waals surface area contributed by atoms with Crippen molar-refractivity contribution in [1.29, 1.82) is 0 Å². The lowest BCUT2D eigenvalue weighted by atomic mass is 9.97. The Bertz CT molecular complexity index is 1320. The molecule has 34 heavy (non-hydrogen) atoms. The summed E-state index contributed by atoms with van der Waals surface area (Å²) < 4.78 is 5.26. The second kappa shape index (κ2) is 8.62. The molecular weight excluding hydrogens is 432 g/mol. The van der Waals surface area contributed by atoms with Crippen molar-refractivity contribution in [3.8, 4) is 5.75 Å². The molecule has 0 bridgehead atoms. The molecule has 172 valence electrons. The van der Waals surface area contributed by atoms with Gasteiger partial charge in [-0.3, -0.25) is 14.5 Å². The number of hydrogen-bond donors (Lipinski definition) is 0. The molecule has 2 aliphatic heterocycles. The molecular formula is C26H24N4O4. The molecule has 0 N–H and O–H groups in total. The predicted octanol–water partition coefficient (Wildman–Crippen LogP) is 3.42. The van der Waals surface area contributed by atoms with Gasteiger partial charge in [0.15, 0.2) is 0 Å². The lowest BCUT2D eigenvalue weighted by molar-refractivity contribution is -0.137. The topological polar surface area (TPSA) is 82.5 Å². The average molecular weight is 457 g/mol. The highest BCUT2D eigenvalue weighted by molar-refractivity contribution is 6.07. The van der Waals surface area contributed by atoms with Gasteiger partial charge in [-0.1, -0.05) is 48.5 Å². The van der Waals surface area contributed by atoms with E-state index < -0.39 is 11.9 Å². The largest absolute Gasteiger partial charge is 0.497 e. The van der Waals surface area contributed by atoms with Gasteiger partial charge < -0.3 is 9.64 Å². The second-order valence-electron chi connectivity index (χ2n) is 8.46. The van der Waals surface area contributed by atoms with Crippen molar-refractivity contribution < 1.29 is 19.1 Å². The minimum Gasteiger partial charge on any atom is -0.497 e. The maximum Gasteiger partial charge on any atom is 0.327 e. The molecule has 0 aliphatic carbocycles. The van der Waals surface area contributed by atoms with E-state index in [0.29, 0.717) is 12.2 Å². The van der Waals surface area contributed by atoms with Crippen LogP contribution in [0.4, 0.5) is 4.79 Å². The number of fused-ring (bicyclic) bond motifs is 1. The summed E-state index contributed by atoms with van der Waals surface area (Å²) in [4.78, 5) is 40.1. The molecule has 3 aromatic rings. The Morgan fingerprint density at radius 1 is 1.03 bits per heavy atom. The van der Waals surface area contributed by atoms with Gasteiger partial charge in [-0.15, -0.1) is 0 Å². The first-order valence-corrected chi connectivity index (χ1v) is 11.0. The monoisotopic (exact) mass is 456 g/mol. The highest BCUT2D eigenvalue weighted by Crippen LogP contribution is 2.34. The number of urea groups is 1. The van der Waals surface area contributed by atoms with E-state index in [1.54, 1.807) is 7.11 Å². The van der Waals surface area contributed by atoms with Gasteiger partial charge in [0.05, 0.1) is 18.9 Å². The van der Waals surface area contributed by atoms with Crippen molar-refractivity contribution in [2.75, 3.05) is 27.2 Å². The number of methoxy groups -OCH3 is 1. The van der Waals surface area contributed by atoms with E-state index in [1.807, 2.05) is 60.7 Å². The zero-order chi connectivity index (χ0) is 23.8. The van der Waals surface area contributed by atoms with Gasteiger partial charge in [-0.25, -0.2) is 9.80 Å². The van der Waals surface area contributed by atoms with Crippen LogP contribution in [0.2, 0.25) is 0 Å². The first-order chi connectivity index (χ1) is 16.4. The average Bonchev–Trinajstić information content (AvgIpc) is 3.41. The zero-order valence-corrected chi connectivity index (χ0v) is 19.0. The molecule has 2 aliphatic rings. The number of hydrogen-bond acceptors (Lipinski definition) is 5. The van der Waals surface area contributed by atoms with Crippen LogP contribution in [0.5, 0.6) is 5.75 Å². The summed E-state index contributed by atoms with van der Waals surface area (Å²) in [5.74, 6) is -0.0834. The highest BCUT2D eigenvalue weighted by Gasteiger charge is 2.39. The van der Waals surface area contributed by atoms with Crippen LogP contribution in [0.3, 0.4) is 0 Å². The Morgan fingerprint density at radius 3 is 2.44 bits per heavy atom. The van der Waals surface area contributed by atoms with Crippen LogP contribution in [0.15, 0.2) is 71.8 Å². The maximum absolute atomic E-state index is 13.3. The third-order valence-corrected chi connectivity index (χ3v) is 6.27. The van der Waals surface area contributed by atoms with Gasteiger partial charge in [-0.05, 0) is 40.1 Å². The Hall–Kier alpha value is -4.20. The fraction of sp³-hybridized carbons (Fsp3) is 0.231. The molecule has 1 unspecified atom stereocenters. The summed E-state index contributed by atoms with van der Waals surface area (Å²) >= 11 is 0. The summed E-state index contributed by atoms with van der Waals surface area (Å²) in [6.07, 6.45) is 0.512. The number of hydrazone groups is 1. The predicted molar refractivity (Wildman–Crippen MR) is 127 cm³/mol. The van der Waals surface area contributed by atoms with Gasteiger partial charge in [0.1, 0.15) is 18.8 Å².